The van der Waals surface area contributed by atoms with Gasteiger partial charge in [-0.3, -0.25) is 0 Å². The van der Waals surface area contributed by atoms with Crippen molar-refractivity contribution >= 4 is 9.84 Å². The van der Waals surface area contributed by atoms with Crippen molar-refractivity contribution in [3.05, 3.63) is 29.3 Å². The van der Waals surface area contributed by atoms with Gasteiger partial charge in [-0.15, -0.1) is 0 Å². The quantitative estimate of drug-likeness (QED) is 0.821. The minimum Gasteiger partial charge on any atom is -0.507 e. The van der Waals surface area contributed by atoms with Crippen LogP contribution in [0.3, 0.4) is 0 Å². The summed E-state index contributed by atoms with van der Waals surface area (Å²) >= 11 is 0. The fraction of sp³-hybridized carbons (Fsp3) is 0.538. The zero-order valence-electron chi connectivity index (χ0n) is 10.8. The predicted octanol–water partition coefficient (Wildman–Crippen LogP) is 1.43. The Kier molecular flexibility index (Phi) is 5.16. The molecular weight excluding hydrogens is 252 g/mol. The van der Waals surface area contributed by atoms with Crippen LogP contribution in [0.5, 0.6) is 5.75 Å². The Morgan fingerprint density at radius 3 is 2.61 bits per heavy atom. The number of hydrogen-bond donors (Lipinski definition) is 2. The summed E-state index contributed by atoms with van der Waals surface area (Å²) in [5.41, 5.74) is 1.56. The lowest BCUT2D eigenvalue weighted by atomic mass is 10.1. The second-order valence-electron chi connectivity index (χ2n) is 4.65. The first-order valence-electron chi connectivity index (χ1n) is 5.98. The van der Waals surface area contributed by atoms with Crippen LogP contribution in [0.25, 0.3) is 0 Å². The van der Waals surface area contributed by atoms with Crippen LogP contribution < -0.4 is 0 Å². The zero-order chi connectivity index (χ0) is 13.8. The minimum atomic E-state index is -3.21. The maximum Gasteiger partial charge on any atom is 0.152 e. The Morgan fingerprint density at radius 2 is 2.00 bits per heavy atom. The molecule has 5 heteroatoms. The Balaban J connectivity index is 2.54. The Bertz CT molecular complexity index is 492. The molecule has 1 aromatic carbocycles. The van der Waals surface area contributed by atoms with Crippen molar-refractivity contribution in [1.82, 2.24) is 0 Å². The van der Waals surface area contributed by atoms with Crippen LogP contribution in [0.15, 0.2) is 18.2 Å². The normalized spacial score (nSPS) is 13.5. The third-order valence-electron chi connectivity index (χ3n) is 2.72. The van der Waals surface area contributed by atoms with Gasteiger partial charge in [0.05, 0.1) is 17.6 Å². The maximum absolute atomic E-state index is 11.6. The molecule has 0 amide bonds. The molecule has 4 nitrogen and oxygen atoms in total. The minimum absolute atomic E-state index is 0.0330. The van der Waals surface area contributed by atoms with Crippen molar-refractivity contribution in [3.63, 3.8) is 0 Å². The molecular formula is C13H20O4S. The van der Waals surface area contributed by atoms with Crippen LogP contribution in [0.2, 0.25) is 0 Å². The molecule has 2 N–H and O–H groups in total. The Morgan fingerprint density at radius 1 is 1.33 bits per heavy atom. The van der Waals surface area contributed by atoms with Crippen LogP contribution >= 0.6 is 0 Å². The molecule has 0 saturated heterocycles. The second-order valence-corrected chi connectivity index (χ2v) is 6.88. The Hall–Kier alpha value is -1.07. The second kappa shape index (κ2) is 6.20. The van der Waals surface area contributed by atoms with Crippen molar-refractivity contribution in [2.45, 2.75) is 32.8 Å². The average Bonchev–Trinajstić information content (AvgIpc) is 2.22. The summed E-state index contributed by atoms with van der Waals surface area (Å²) in [6.45, 7) is 3.27. The van der Waals surface area contributed by atoms with Gasteiger partial charge < -0.3 is 10.2 Å². The average molecular weight is 272 g/mol. The predicted molar refractivity (Wildman–Crippen MR) is 71.5 cm³/mol. The first-order chi connectivity index (χ1) is 8.32. The molecule has 1 aromatic rings. The van der Waals surface area contributed by atoms with E-state index in [0.717, 1.165) is 11.1 Å². The van der Waals surface area contributed by atoms with E-state index in [1.165, 1.54) is 6.92 Å². The molecule has 0 aliphatic rings. The summed E-state index contributed by atoms with van der Waals surface area (Å²) in [7, 11) is -3.21. The maximum atomic E-state index is 11.6. The number of sulfone groups is 1. The van der Waals surface area contributed by atoms with E-state index in [1.807, 2.05) is 19.1 Å². The smallest absolute Gasteiger partial charge is 0.152 e. The van der Waals surface area contributed by atoms with E-state index in [2.05, 4.69) is 0 Å². The number of phenols is 1. The van der Waals surface area contributed by atoms with E-state index in [9.17, 15) is 13.5 Å². The van der Waals surface area contributed by atoms with E-state index in [-0.39, 0.29) is 17.3 Å². The number of hydrogen-bond acceptors (Lipinski definition) is 4. The fourth-order valence-electron chi connectivity index (χ4n) is 1.85. The lowest BCUT2D eigenvalue weighted by molar-refractivity contribution is 0.218. The molecule has 0 saturated carbocycles. The number of aryl methyl sites for hydroxylation is 2. The highest BCUT2D eigenvalue weighted by Gasteiger charge is 2.14. The number of aromatic hydroxyl groups is 1. The number of para-hydroxylation sites is 1. The standard InChI is InChI=1S/C13H20O4S/c1-10-5-3-6-12(13(10)15)7-4-8-18(16,17)9-11(2)14/h3,5-6,11,14-15H,4,7-9H2,1-2H3. The van der Waals surface area contributed by atoms with Gasteiger partial charge in [0.15, 0.2) is 9.84 Å². The number of aliphatic hydroxyl groups excluding tert-OH is 1. The molecule has 0 fully saturated rings. The molecule has 0 heterocycles. The first kappa shape index (κ1) is 15.0. The van der Waals surface area contributed by atoms with Crippen molar-refractivity contribution < 1.29 is 18.6 Å². The van der Waals surface area contributed by atoms with Gasteiger partial charge >= 0.3 is 0 Å². The third kappa shape index (κ3) is 4.66. The molecule has 0 aliphatic heterocycles. The largest absolute Gasteiger partial charge is 0.507 e. The SMILES string of the molecule is Cc1cccc(CCCS(=O)(=O)CC(C)O)c1O. The van der Waals surface area contributed by atoms with Gasteiger partial charge in [0.2, 0.25) is 0 Å². The van der Waals surface area contributed by atoms with Crippen LogP contribution in [0.1, 0.15) is 24.5 Å². The van der Waals surface area contributed by atoms with Gasteiger partial charge in [-0.25, -0.2) is 8.42 Å². The van der Waals surface area contributed by atoms with Crippen molar-refractivity contribution in [3.8, 4) is 5.75 Å². The summed E-state index contributed by atoms with van der Waals surface area (Å²) in [5.74, 6) is 0.0726. The van der Waals surface area contributed by atoms with E-state index >= 15 is 0 Å². The molecule has 1 atom stereocenters. The molecule has 0 radical (unpaired) electrons. The van der Waals surface area contributed by atoms with E-state index in [0.29, 0.717) is 12.8 Å². The Labute approximate surface area is 108 Å². The van der Waals surface area contributed by atoms with Crippen molar-refractivity contribution in [2.24, 2.45) is 0 Å². The van der Waals surface area contributed by atoms with E-state index < -0.39 is 15.9 Å². The van der Waals surface area contributed by atoms with Crippen LogP contribution in [0, 0.1) is 6.92 Å². The van der Waals surface area contributed by atoms with Crippen LogP contribution in [0.4, 0.5) is 0 Å². The van der Waals surface area contributed by atoms with Gasteiger partial charge in [0, 0.05) is 0 Å². The zero-order valence-corrected chi connectivity index (χ0v) is 11.6. The van der Waals surface area contributed by atoms with Gasteiger partial charge in [0.1, 0.15) is 5.75 Å². The van der Waals surface area contributed by atoms with E-state index in [4.69, 9.17) is 5.11 Å². The molecule has 0 spiro atoms. The van der Waals surface area contributed by atoms with Gasteiger partial charge in [-0.2, -0.15) is 0 Å². The highest BCUT2D eigenvalue weighted by molar-refractivity contribution is 7.91. The highest BCUT2D eigenvalue weighted by atomic mass is 32.2. The molecule has 1 rings (SSSR count). The topological polar surface area (TPSA) is 74.6 Å². The molecule has 1 unspecified atom stereocenters. The summed E-state index contributed by atoms with van der Waals surface area (Å²) in [6, 6.07) is 5.45. The summed E-state index contributed by atoms with van der Waals surface area (Å²) in [4.78, 5) is 0. The summed E-state index contributed by atoms with van der Waals surface area (Å²) in [6.07, 6.45) is 0.140. The first-order valence-corrected chi connectivity index (χ1v) is 7.80. The van der Waals surface area contributed by atoms with Crippen LogP contribution in [-0.4, -0.2) is 36.2 Å². The molecule has 18 heavy (non-hydrogen) atoms. The lowest BCUT2D eigenvalue weighted by Crippen LogP contribution is -2.20. The van der Waals surface area contributed by atoms with Crippen molar-refractivity contribution in [2.75, 3.05) is 11.5 Å². The number of benzene rings is 1. The van der Waals surface area contributed by atoms with Crippen LogP contribution in [-0.2, 0) is 16.3 Å². The molecule has 102 valence electrons. The number of aliphatic hydroxyl groups is 1. The van der Waals surface area contributed by atoms with E-state index in [1.54, 1.807) is 6.07 Å². The lowest BCUT2D eigenvalue weighted by Gasteiger charge is -2.08. The molecule has 0 bridgehead atoms. The monoisotopic (exact) mass is 272 g/mol. The summed E-state index contributed by atoms with van der Waals surface area (Å²) in [5, 5.41) is 18.8. The number of phenolic OH excluding ortho intramolecular Hbond substituents is 1. The highest BCUT2D eigenvalue weighted by Crippen LogP contribution is 2.22. The third-order valence-corrected chi connectivity index (χ3v) is 4.62. The van der Waals surface area contributed by atoms with Gasteiger partial charge in [0.25, 0.3) is 0 Å². The van der Waals surface area contributed by atoms with Crippen molar-refractivity contribution in [1.29, 1.82) is 0 Å². The van der Waals surface area contributed by atoms with Gasteiger partial charge in [-0.1, -0.05) is 18.2 Å². The molecule has 0 aliphatic carbocycles. The summed E-state index contributed by atoms with van der Waals surface area (Å²) < 4.78 is 23.1. The number of rotatable bonds is 6. The van der Waals surface area contributed by atoms with Gasteiger partial charge in [-0.05, 0) is 37.8 Å². The molecule has 0 aromatic heterocycles. The fourth-order valence-corrected chi connectivity index (χ4v) is 3.34.